The fourth-order valence-electron chi connectivity index (χ4n) is 1.67. The molecule has 1 fully saturated rings. The van der Waals surface area contributed by atoms with Crippen LogP contribution in [0, 0.1) is 11.5 Å². The highest BCUT2D eigenvalue weighted by atomic mass is 16.5. The van der Waals surface area contributed by atoms with Crippen molar-refractivity contribution in [3.63, 3.8) is 0 Å². The normalized spacial score (nSPS) is 23.2. The quantitative estimate of drug-likeness (QED) is 0.425. The molecule has 2 unspecified atom stereocenters. The predicted octanol–water partition coefficient (Wildman–Crippen LogP) is 3.23. The molecule has 0 spiro atoms. The molecule has 0 aromatic carbocycles. The summed E-state index contributed by atoms with van der Waals surface area (Å²) >= 11 is 0. The van der Waals surface area contributed by atoms with E-state index in [9.17, 15) is 0 Å². The molecule has 1 heterocycles. The average molecular weight is 234 g/mol. The Labute approximate surface area is 105 Å². The fourth-order valence-corrected chi connectivity index (χ4v) is 1.67. The zero-order chi connectivity index (χ0) is 13.3. The molecule has 3 heteroatoms. The summed E-state index contributed by atoms with van der Waals surface area (Å²) in [5.41, 5.74) is 0. The van der Waals surface area contributed by atoms with Gasteiger partial charge in [0.05, 0.1) is 6.54 Å². The number of likely N-dealkylation sites (tertiary alicyclic amines) is 1. The number of hydrogen-bond donors (Lipinski definition) is 0. The second-order valence-corrected chi connectivity index (χ2v) is 3.59. The van der Waals surface area contributed by atoms with Crippen molar-refractivity contribution in [2.75, 3.05) is 6.54 Å². The van der Waals surface area contributed by atoms with Gasteiger partial charge in [-0.15, -0.1) is 0 Å². The average Bonchev–Trinajstić information content (AvgIpc) is 2.71. The van der Waals surface area contributed by atoms with Gasteiger partial charge in [0, 0.05) is 12.5 Å². The third-order valence-corrected chi connectivity index (χ3v) is 2.45. The monoisotopic (exact) mass is 234 g/mol. The molecule has 0 amide bonds. The van der Waals surface area contributed by atoms with Crippen LogP contribution in [0.2, 0.25) is 0 Å². The SMILES string of the molecule is C=C/C=C(\C=C)OC1CC(C)N(C#N)C1.CC. The zero-order valence-electron chi connectivity index (χ0n) is 11.0. The molecule has 3 nitrogen and oxygen atoms in total. The molecule has 0 aromatic heterocycles. The van der Waals surface area contributed by atoms with E-state index in [1.165, 1.54) is 0 Å². The maximum absolute atomic E-state index is 8.82. The van der Waals surface area contributed by atoms with Crippen LogP contribution in [0.15, 0.2) is 37.1 Å². The third-order valence-electron chi connectivity index (χ3n) is 2.45. The maximum atomic E-state index is 8.82. The van der Waals surface area contributed by atoms with Gasteiger partial charge in [-0.25, -0.2) is 0 Å². The maximum Gasteiger partial charge on any atom is 0.179 e. The molecular weight excluding hydrogens is 212 g/mol. The number of allylic oxidation sites excluding steroid dienone is 3. The van der Waals surface area contributed by atoms with Crippen molar-refractivity contribution < 1.29 is 4.74 Å². The van der Waals surface area contributed by atoms with Crippen LogP contribution in [0.1, 0.15) is 27.2 Å². The predicted molar refractivity (Wildman–Crippen MR) is 71.1 cm³/mol. The molecule has 17 heavy (non-hydrogen) atoms. The van der Waals surface area contributed by atoms with Gasteiger partial charge in [-0.3, -0.25) is 0 Å². The Balaban J connectivity index is 0.00000121. The van der Waals surface area contributed by atoms with Crippen LogP contribution in [0.5, 0.6) is 0 Å². The van der Waals surface area contributed by atoms with E-state index in [1.54, 1.807) is 23.1 Å². The van der Waals surface area contributed by atoms with Crippen molar-refractivity contribution in [1.82, 2.24) is 4.90 Å². The van der Waals surface area contributed by atoms with Crippen LogP contribution in [0.3, 0.4) is 0 Å². The van der Waals surface area contributed by atoms with Crippen molar-refractivity contribution in [2.45, 2.75) is 39.3 Å². The summed E-state index contributed by atoms with van der Waals surface area (Å²) in [4.78, 5) is 1.74. The first kappa shape index (κ1) is 15.3. The molecule has 1 saturated heterocycles. The van der Waals surface area contributed by atoms with Gasteiger partial charge in [0.15, 0.2) is 6.19 Å². The minimum absolute atomic E-state index is 0.0730. The lowest BCUT2D eigenvalue weighted by Crippen LogP contribution is -2.22. The summed E-state index contributed by atoms with van der Waals surface area (Å²) in [5, 5.41) is 8.82. The summed E-state index contributed by atoms with van der Waals surface area (Å²) in [5.74, 6) is 0.710. The highest BCUT2D eigenvalue weighted by Gasteiger charge is 2.29. The second kappa shape index (κ2) is 8.46. The largest absolute Gasteiger partial charge is 0.489 e. The summed E-state index contributed by atoms with van der Waals surface area (Å²) < 4.78 is 5.68. The molecular formula is C14H22N2O. The van der Waals surface area contributed by atoms with Crippen LogP contribution < -0.4 is 0 Å². The lowest BCUT2D eigenvalue weighted by Gasteiger charge is -2.13. The van der Waals surface area contributed by atoms with Crippen LogP contribution in [-0.2, 0) is 4.74 Å². The first-order valence-corrected chi connectivity index (χ1v) is 5.99. The summed E-state index contributed by atoms with van der Waals surface area (Å²) in [6.07, 6.45) is 8.19. The van der Waals surface area contributed by atoms with E-state index in [2.05, 4.69) is 19.4 Å². The molecule has 94 valence electrons. The number of nitriles is 1. The molecule has 0 aliphatic carbocycles. The first-order valence-electron chi connectivity index (χ1n) is 5.99. The van der Waals surface area contributed by atoms with Crippen molar-refractivity contribution in [2.24, 2.45) is 0 Å². The van der Waals surface area contributed by atoms with E-state index in [1.807, 2.05) is 20.8 Å². The molecule has 0 saturated carbocycles. The Hall–Kier alpha value is -1.69. The molecule has 1 rings (SSSR count). The third kappa shape index (κ3) is 4.78. The van der Waals surface area contributed by atoms with Gasteiger partial charge >= 0.3 is 0 Å². The van der Waals surface area contributed by atoms with Gasteiger partial charge in [0.2, 0.25) is 0 Å². The van der Waals surface area contributed by atoms with E-state index in [-0.39, 0.29) is 12.1 Å². The fraction of sp³-hybridized carbons (Fsp3) is 0.500. The smallest absolute Gasteiger partial charge is 0.179 e. The van der Waals surface area contributed by atoms with Gasteiger partial charge in [0.25, 0.3) is 0 Å². The standard InChI is InChI=1S/C12H16N2O.C2H6/c1-4-6-11(5-2)15-12-7-10(3)14(8-12)9-13;1-2/h4-6,10,12H,1-2,7-8H2,3H3;1-2H3/b11-6+;. The van der Waals surface area contributed by atoms with Crippen molar-refractivity contribution >= 4 is 0 Å². The molecule has 0 radical (unpaired) electrons. The highest BCUT2D eigenvalue weighted by Crippen LogP contribution is 2.21. The van der Waals surface area contributed by atoms with E-state index >= 15 is 0 Å². The number of rotatable bonds is 4. The van der Waals surface area contributed by atoms with Crippen LogP contribution >= 0.6 is 0 Å². The molecule has 2 atom stereocenters. The van der Waals surface area contributed by atoms with Gasteiger partial charge in [-0.1, -0.05) is 33.1 Å². The molecule has 0 N–H and O–H groups in total. The number of hydrogen-bond acceptors (Lipinski definition) is 3. The minimum Gasteiger partial charge on any atom is -0.489 e. The molecule has 1 aliphatic rings. The van der Waals surface area contributed by atoms with Gasteiger partial charge in [-0.2, -0.15) is 5.26 Å². The Kier molecular flexibility index (Phi) is 7.62. The topological polar surface area (TPSA) is 36.3 Å². The Bertz CT molecular complexity index is 315. The summed E-state index contributed by atoms with van der Waals surface area (Å²) in [7, 11) is 0. The van der Waals surface area contributed by atoms with E-state index in [4.69, 9.17) is 10.00 Å². The summed E-state index contributed by atoms with van der Waals surface area (Å²) in [6.45, 7) is 13.9. The van der Waals surface area contributed by atoms with Crippen LogP contribution in [0.25, 0.3) is 0 Å². The van der Waals surface area contributed by atoms with Gasteiger partial charge < -0.3 is 9.64 Å². The van der Waals surface area contributed by atoms with E-state index < -0.39 is 0 Å². The Morgan fingerprint density at radius 2 is 2.12 bits per heavy atom. The van der Waals surface area contributed by atoms with Gasteiger partial charge in [-0.05, 0) is 19.1 Å². The number of nitrogens with zero attached hydrogens (tertiary/aromatic N) is 2. The zero-order valence-corrected chi connectivity index (χ0v) is 11.0. The number of ether oxygens (including phenoxy) is 1. The lowest BCUT2D eigenvalue weighted by atomic mass is 10.2. The van der Waals surface area contributed by atoms with Crippen LogP contribution in [-0.4, -0.2) is 23.6 Å². The summed E-state index contributed by atoms with van der Waals surface area (Å²) in [6, 6.07) is 0.259. The Morgan fingerprint density at radius 3 is 2.53 bits per heavy atom. The Morgan fingerprint density at radius 1 is 1.47 bits per heavy atom. The van der Waals surface area contributed by atoms with E-state index in [0.717, 1.165) is 6.42 Å². The van der Waals surface area contributed by atoms with Crippen molar-refractivity contribution in [1.29, 1.82) is 5.26 Å². The van der Waals surface area contributed by atoms with Crippen molar-refractivity contribution in [3.8, 4) is 6.19 Å². The second-order valence-electron chi connectivity index (χ2n) is 3.59. The molecule has 1 aliphatic heterocycles. The van der Waals surface area contributed by atoms with Gasteiger partial charge in [0.1, 0.15) is 11.9 Å². The lowest BCUT2D eigenvalue weighted by molar-refractivity contribution is 0.135. The first-order chi connectivity index (χ1) is 8.21. The van der Waals surface area contributed by atoms with Crippen LogP contribution in [0.4, 0.5) is 0 Å². The van der Waals surface area contributed by atoms with Crippen molar-refractivity contribution in [3.05, 3.63) is 37.1 Å². The minimum atomic E-state index is 0.0730. The molecule has 0 aromatic rings. The van der Waals surface area contributed by atoms with E-state index in [0.29, 0.717) is 12.3 Å². The molecule has 0 bridgehead atoms. The highest BCUT2D eigenvalue weighted by molar-refractivity contribution is 5.15.